The number of thioether (sulfide) groups is 1. The fourth-order valence-electron chi connectivity index (χ4n) is 1.81. The standard InChI is InChI=1S/C13H14N2O4S2/c1-17-9-5-4-8(11(18-2)12(9)19-3)6-14-15-10(16)7-21-13(15)20/h4-6H,7H2,1-3H3/b14-6-. The van der Waals surface area contributed by atoms with Gasteiger partial charge in [0.1, 0.15) is 0 Å². The van der Waals surface area contributed by atoms with Gasteiger partial charge in [0.25, 0.3) is 5.91 Å². The van der Waals surface area contributed by atoms with Crippen molar-refractivity contribution in [2.45, 2.75) is 0 Å². The molecule has 1 amide bonds. The lowest BCUT2D eigenvalue weighted by atomic mass is 10.2. The van der Waals surface area contributed by atoms with Crippen molar-refractivity contribution in [3.05, 3.63) is 17.7 Å². The van der Waals surface area contributed by atoms with E-state index in [1.54, 1.807) is 19.2 Å². The summed E-state index contributed by atoms with van der Waals surface area (Å²) in [5.74, 6) is 1.68. The van der Waals surface area contributed by atoms with Gasteiger partial charge in [0.15, 0.2) is 15.8 Å². The second-order valence-electron chi connectivity index (χ2n) is 3.93. The first-order valence-electron chi connectivity index (χ1n) is 5.95. The van der Waals surface area contributed by atoms with Crippen LogP contribution in [0, 0.1) is 0 Å². The lowest BCUT2D eigenvalue weighted by Crippen LogP contribution is -2.22. The van der Waals surface area contributed by atoms with E-state index < -0.39 is 0 Å². The SMILES string of the molecule is COc1ccc(/C=N\N2C(=O)CSC2=S)c(OC)c1OC. The molecule has 0 spiro atoms. The Hall–Kier alpha value is -1.80. The van der Waals surface area contributed by atoms with Gasteiger partial charge in [-0.2, -0.15) is 10.1 Å². The van der Waals surface area contributed by atoms with E-state index in [0.717, 1.165) is 0 Å². The molecule has 0 N–H and O–H groups in total. The molecule has 0 saturated carbocycles. The van der Waals surface area contributed by atoms with Crippen LogP contribution >= 0.6 is 24.0 Å². The minimum atomic E-state index is -0.138. The Labute approximate surface area is 132 Å². The second-order valence-corrected chi connectivity index (χ2v) is 5.54. The van der Waals surface area contributed by atoms with Gasteiger partial charge < -0.3 is 14.2 Å². The molecule has 0 bridgehead atoms. The topological polar surface area (TPSA) is 60.4 Å². The maximum Gasteiger partial charge on any atom is 0.259 e. The lowest BCUT2D eigenvalue weighted by Gasteiger charge is -2.14. The Morgan fingerprint density at radius 3 is 2.48 bits per heavy atom. The molecule has 1 aromatic carbocycles. The van der Waals surface area contributed by atoms with E-state index >= 15 is 0 Å². The molecule has 2 rings (SSSR count). The van der Waals surface area contributed by atoms with Gasteiger partial charge >= 0.3 is 0 Å². The van der Waals surface area contributed by atoms with Crippen molar-refractivity contribution in [3.63, 3.8) is 0 Å². The number of nitrogens with zero attached hydrogens (tertiary/aromatic N) is 2. The molecule has 0 aliphatic carbocycles. The molecule has 0 unspecified atom stereocenters. The average molecular weight is 326 g/mol. The summed E-state index contributed by atoms with van der Waals surface area (Å²) >= 11 is 6.35. The number of amides is 1. The number of hydrazone groups is 1. The van der Waals surface area contributed by atoms with Crippen LogP contribution in [0.3, 0.4) is 0 Å². The van der Waals surface area contributed by atoms with Crippen molar-refractivity contribution in [2.75, 3.05) is 27.1 Å². The predicted octanol–water partition coefficient (Wildman–Crippen LogP) is 1.91. The van der Waals surface area contributed by atoms with Crippen molar-refractivity contribution in [2.24, 2.45) is 5.10 Å². The lowest BCUT2D eigenvalue weighted by molar-refractivity contribution is -0.123. The van der Waals surface area contributed by atoms with Crippen LogP contribution in [-0.4, -0.2) is 48.5 Å². The first kappa shape index (κ1) is 15.6. The first-order chi connectivity index (χ1) is 10.1. The van der Waals surface area contributed by atoms with Gasteiger partial charge in [-0.05, 0) is 12.1 Å². The Bertz CT molecular complexity index is 588. The predicted molar refractivity (Wildman–Crippen MR) is 85.6 cm³/mol. The van der Waals surface area contributed by atoms with E-state index in [0.29, 0.717) is 32.9 Å². The Morgan fingerprint density at radius 2 is 1.95 bits per heavy atom. The van der Waals surface area contributed by atoms with Gasteiger partial charge in [0.05, 0.1) is 33.3 Å². The summed E-state index contributed by atoms with van der Waals surface area (Å²) in [6.45, 7) is 0. The number of thiocarbonyl (C=S) groups is 1. The number of carbonyl (C=O) groups excluding carboxylic acids is 1. The largest absolute Gasteiger partial charge is 0.493 e. The number of methoxy groups -OCH3 is 3. The monoisotopic (exact) mass is 326 g/mol. The highest BCUT2D eigenvalue weighted by atomic mass is 32.2. The summed E-state index contributed by atoms with van der Waals surface area (Å²) in [7, 11) is 4.59. The third-order valence-corrected chi connectivity index (χ3v) is 4.11. The molecule has 0 radical (unpaired) electrons. The molecule has 1 heterocycles. The smallest absolute Gasteiger partial charge is 0.259 e. The number of rotatable bonds is 5. The first-order valence-corrected chi connectivity index (χ1v) is 7.34. The molecule has 0 atom stereocenters. The molecule has 1 fully saturated rings. The number of ether oxygens (including phenoxy) is 3. The van der Waals surface area contributed by atoms with Crippen molar-refractivity contribution in [3.8, 4) is 17.2 Å². The molecular formula is C13H14N2O4S2. The third-order valence-electron chi connectivity index (χ3n) is 2.78. The van der Waals surface area contributed by atoms with Crippen LogP contribution in [0.15, 0.2) is 17.2 Å². The van der Waals surface area contributed by atoms with Crippen LogP contribution in [0.25, 0.3) is 0 Å². The highest BCUT2D eigenvalue weighted by Gasteiger charge is 2.26. The molecule has 1 aliphatic heterocycles. The zero-order valence-electron chi connectivity index (χ0n) is 11.8. The minimum Gasteiger partial charge on any atom is -0.493 e. The maximum absolute atomic E-state index is 11.6. The van der Waals surface area contributed by atoms with Crippen LogP contribution in [0.1, 0.15) is 5.56 Å². The highest BCUT2D eigenvalue weighted by Crippen LogP contribution is 2.39. The van der Waals surface area contributed by atoms with Gasteiger partial charge in [-0.3, -0.25) is 4.79 Å². The summed E-state index contributed by atoms with van der Waals surface area (Å²) in [5, 5.41) is 5.32. The van der Waals surface area contributed by atoms with Gasteiger partial charge in [0.2, 0.25) is 5.75 Å². The van der Waals surface area contributed by atoms with Crippen molar-refractivity contribution >= 4 is 40.4 Å². The van der Waals surface area contributed by atoms with E-state index in [4.69, 9.17) is 26.4 Å². The second kappa shape index (κ2) is 6.77. The van der Waals surface area contributed by atoms with Crippen LogP contribution in [0.2, 0.25) is 0 Å². The van der Waals surface area contributed by atoms with Crippen LogP contribution in [0.5, 0.6) is 17.2 Å². The summed E-state index contributed by atoms with van der Waals surface area (Å²) in [5.41, 5.74) is 0.655. The zero-order chi connectivity index (χ0) is 15.4. The molecule has 6 nitrogen and oxygen atoms in total. The van der Waals surface area contributed by atoms with Gasteiger partial charge in [-0.25, -0.2) is 0 Å². The summed E-state index contributed by atoms with van der Waals surface area (Å²) < 4.78 is 16.3. The number of benzene rings is 1. The van der Waals surface area contributed by atoms with E-state index in [1.165, 1.54) is 37.2 Å². The van der Waals surface area contributed by atoms with Crippen LogP contribution < -0.4 is 14.2 Å². The molecular weight excluding hydrogens is 312 g/mol. The Morgan fingerprint density at radius 1 is 1.24 bits per heavy atom. The van der Waals surface area contributed by atoms with Gasteiger partial charge in [0, 0.05) is 5.56 Å². The fraction of sp³-hybridized carbons (Fsp3) is 0.308. The summed E-state index contributed by atoms with van der Waals surface area (Å²) in [4.78, 5) is 11.6. The van der Waals surface area contributed by atoms with E-state index in [9.17, 15) is 4.79 Å². The third kappa shape index (κ3) is 3.11. The minimum absolute atomic E-state index is 0.138. The normalized spacial score (nSPS) is 14.9. The van der Waals surface area contributed by atoms with E-state index in [2.05, 4.69) is 5.10 Å². The van der Waals surface area contributed by atoms with Crippen LogP contribution in [-0.2, 0) is 4.79 Å². The number of carbonyl (C=O) groups is 1. The molecule has 1 aromatic rings. The molecule has 1 saturated heterocycles. The molecule has 21 heavy (non-hydrogen) atoms. The molecule has 1 aliphatic rings. The number of hydrogen-bond acceptors (Lipinski definition) is 7. The zero-order valence-corrected chi connectivity index (χ0v) is 13.4. The Kier molecular flexibility index (Phi) is 5.03. The average Bonchev–Trinajstić information content (AvgIpc) is 2.82. The summed E-state index contributed by atoms with van der Waals surface area (Å²) in [6, 6.07) is 3.50. The van der Waals surface area contributed by atoms with Gasteiger partial charge in [-0.1, -0.05) is 24.0 Å². The highest BCUT2D eigenvalue weighted by molar-refractivity contribution is 8.23. The van der Waals surface area contributed by atoms with E-state index in [1.807, 2.05) is 0 Å². The molecule has 0 aromatic heterocycles. The van der Waals surface area contributed by atoms with E-state index in [-0.39, 0.29) is 5.91 Å². The number of hydrogen-bond donors (Lipinski definition) is 0. The molecule has 112 valence electrons. The Balaban J connectivity index is 2.36. The van der Waals surface area contributed by atoms with Gasteiger partial charge in [-0.15, -0.1) is 0 Å². The van der Waals surface area contributed by atoms with Crippen LogP contribution in [0.4, 0.5) is 0 Å². The van der Waals surface area contributed by atoms with Crippen molar-refractivity contribution < 1.29 is 19.0 Å². The quantitative estimate of drug-likeness (QED) is 0.608. The molecule has 8 heteroatoms. The maximum atomic E-state index is 11.6. The van der Waals surface area contributed by atoms with Crippen molar-refractivity contribution in [1.82, 2.24) is 5.01 Å². The fourth-order valence-corrected chi connectivity index (χ4v) is 2.77. The van der Waals surface area contributed by atoms with Crippen molar-refractivity contribution in [1.29, 1.82) is 0 Å². The summed E-state index contributed by atoms with van der Waals surface area (Å²) in [6.07, 6.45) is 1.51.